The number of benzene rings is 2. The van der Waals surface area contributed by atoms with Gasteiger partial charge in [-0.25, -0.2) is 18.1 Å². The van der Waals surface area contributed by atoms with Gasteiger partial charge < -0.3 is 4.90 Å². The highest BCUT2D eigenvalue weighted by atomic mass is 32.2. The molecule has 0 N–H and O–H groups in total. The molecule has 1 aromatic heterocycles. The number of carbonyl (C=O) groups excluding carboxylic acids is 1. The Balaban J connectivity index is 1.58. The Morgan fingerprint density at radius 1 is 1.10 bits per heavy atom. The molecule has 30 heavy (non-hydrogen) atoms. The maximum absolute atomic E-state index is 13.1. The van der Waals surface area contributed by atoms with Crippen molar-refractivity contribution in [3.8, 4) is 5.69 Å². The largest absolute Gasteiger partial charge is 0.308 e. The van der Waals surface area contributed by atoms with Crippen LogP contribution >= 0.6 is 0 Å². The second kappa shape index (κ2) is 8.00. The van der Waals surface area contributed by atoms with Crippen molar-refractivity contribution in [3.05, 3.63) is 66.2 Å². The fourth-order valence-corrected chi connectivity index (χ4v) is 5.23. The normalized spacial score (nSPS) is 13.6. The van der Waals surface area contributed by atoms with Crippen LogP contribution in [0.5, 0.6) is 0 Å². The molecule has 0 atom stereocenters. The van der Waals surface area contributed by atoms with Crippen molar-refractivity contribution in [3.63, 3.8) is 0 Å². The van der Waals surface area contributed by atoms with Gasteiger partial charge in [0, 0.05) is 30.9 Å². The monoisotopic (exact) mass is 425 g/mol. The van der Waals surface area contributed by atoms with Crippen LogP contribution in [0.15, 0.2) is 60.0 Å². The second-order valence-electron chi connectivity index (χ2n) is 6.97. The number of hydrogen-bond donors (Lipinski definition) is 0. The first kappa shape index (κ1) is 20.2. The average Bonchev–Trinajstić information content (AvgIpc) is 3.44. The summed E-state index contributed by atoms with van der Waals surface area (Å²) in [6.45, 7) is 5.01. The molecular formula is C21H23N5O3S. The van der Waals surface area contributed by atoms with E-state index in [0.717, 1.165) is 16.9 Å². The van der Waals surface area contributed by atoms with Crippen LogP contribution in [-0.2, 0) is 16.4 Å². The molecule has 0 fully saturated rings. The highest BCUT2D eigenvalue weighted by Gasteiger charge is 2.29. The van der Waals surface area contributed by atoms with Gasteiger partial charge in [0.05, 0.1) is 10.6 Å². The lowest BCUT2D eigenvalue weighted by atomic mass is 10.1. The molecule has 0 spiro atoms. The molecule has 156 valence electrons. The van der Waals surface area contributed by atoms with Gasteiger partial charge in [-0.15, -0.1) is 0 Å². The number of hydrogen-bond acceptors (Lipinski definition) is 5. The molecule has 1 amide bonds. The molecule has 2 aromatic carbocycles. The summed E-state index contributed by atoms with van der Waals surface area (Å²) >= 11 is 0. The van der Waals surface area contributed by atoms with Crippen LogP contribution in [0.2, 0.25) is 0 Å². The van der Waals surface area contributed by atoms with Gasteiger partial charge in [0.2, 0.25) is 10.0 Å². The summed E-state index contributed by atoms with van der Waals surface area (Å²) in [7, 11) is -3.52. The van der Waals surface area contributed by atoms with Gasteiger partial charge in [-0.3, -0.25) is 4.79 Å². The van der Waals surface area contributed by atoms with Crippen LogP contribution in [0, 0.1) is 0 Å². The topological polar surface area (TPSA) is 88.4 Å². The minimum absolute atomic E-state index is 0.113. The lowest BCUT2D eigenvalue weighted by Gasteiger charge is -2.20. The fraction of sp³-hybridized carbons (Fsp3) is 0.286. The third-order valence-electron chi connectivity index (χ3n) is 5.33. The van der Waals surface area contributed by atoms with Crippen molar-refractivity contribution in [2.24, 2.45) is 0 Å². The van der Waals surface area contributed by atoms with Crippen LogP contribution in [0.4, 0.5) is 5.69 Å². The minimum atomic E-state index is -3.52. The van der Waals surface area contributed by atoms with E-state index in [0.29, 0.717) is 31.6 Å². The lowest BCUT2D eigenvalue weighted by Crippen LogP contribution is -2.30. The van der Waals surface area contributed by atoms with Crippen molar-refractivity contribution in [1.29, 1.82) is 0 Å². The molecule has 0 radical (unpaired) electrons. The van der Waals surface area contributed by atoms with Gasteiger partial charge in [0.25, 0.3) is 5.91 Å². The maximum atomic E-state index is 13.1. The van der Waals surface area contributed by atoms with Crippen molar-refractivity contribution < 1.29 is 13.2 Å². The zero-order chi connectivity index (χ0) is 21.3. The Hall–Kier alpha value is -3.04. The van der Waals surface area contributed by atoms with E-state index >= 15 is 0 Å². The second-order valence-corrected chi connectivity index (χ2v) is 8.91. The summed E-state index contributed by atoms with van der Waals surface area (Å²) < 4.78 is 28.6. The van der Waals surface area contributed by atoms with Gasteiger partial charge >= 0.3 is 0 Å². The highest BCUT2D eigenvalue weighted by Crippen LogP contribution is 2.32. The molecule has 2 heterocycles. The number of anilines is 1. The maximum Gasteiger partial charge on any atom is 0.258 e. The van der Waals surface area contributed by atoms with E-state index in [1.54, 1.807) is 46.2 Å². The third kappa shape index (κ3) is 3.50. The standard InChI is InChI=1S/C21H23N5O3S/c1-3-24(4-2)30(28,29)19-9-10-20-17(13-19)11-12-25(20)21(27)16-5-7-18(8-6-16)26-15-22-14-23-26/h5-10,13-15H,3-4,11-12H2,1-2H3. The number of aromatic nitrogens is 3. The van der Waals surface area contributed by atoms with Crippen LogP contribution in [-0.4, -0.2) is 53.0 Å². The van der Waals surface area contributed by atoms with Crippen molar-refractivity contribution in [2.75, 3.05) is 24.5 Å². The van der Waals surface area contributed by atoms with E-state index in [2.05, 4.69) is 10.1 Å². The smallest absolute Gasteiger partial charge is 0.258 e. The molecule has 1 aliphatic heterocycles. The van der Waals surface area contributed by atoms with E-state index in [9.17, 15) is 13.2 Å². The van der Waals surface area contributed by atoms with E-state index < -0.39 is 10.0 Å². The number of sulfonamides is 1. The van der Waals surface area contributed by atoms with Crippen molar-refractivity contribution in [2.45, 2.75) is 25.2 Å². The third-order valence-corrected chi connectivity index (χ3v) is 7.38. The first-order valence-corrected chi connectivity index (χ1v) is 11.3. The Morgan fingerprint density at radius 2 is 1.83 bits per heavy atom. The minimum Gasteiger partial charge on any atom is -0.308 e. The van der Waals surface area contributed by atoms with Gasteiger partial charge in [-0.05, 0) is 54.4 Å². The predicted octanol–water partition coefficient (Wildman–Crippen LogP) is 2.50. The first-order chi connectivity index (χ1) is 14.5. The molecular weight excluding hydrogens is 402 g/mol. The number of fused-ring (bicyclic) bond motifs is 1. The number of nitrogens with zero attached hydrogens (tertiary/aromatic N) is 5. The summed E-state index contributed by atoms with van der Waals surface area (Å²) in [4.78, 5) is 19.0. The molecule has 1 aliphatic rings. The average molecular weight is 426 g/mol. The van der Waals surface area contributed by atoms with Crippen molar-refractivity contribution in [1.82, 2.24) is 19.1 Å². The van der Waals surface area contributed by atoms with Gasteiger partial charge in [-0.1, -0.05) is 13.8 Å². The summed E-state index contributed by atoms with van der Waals surface area (Å²) in [6, 6.07) is 12.2. The first-order valence-electron chi connectivity index (χ1n) is 9.85. The van der Waals surface area contributed by atoms with E-state index in [4.69, 9.17) is 0 Å². The molecule has 0 saturated carbocycles. The Bertz CT molecular complexity index is 1150. The molecule has 9 heteroatoms. The van der Waals surface area contributed by atoms with Gasteiger partial charge in [0.15, 0.2) is 0 Å². The highest BCUT2D eigenvalue weighted by molar-refractivity contribution is 7.89. The van der Waals surface area contributed by atoms with Crippen molar-refractivity contribution >= 4 is 21.6 Å². The summed E-state index contributed by atoms with van der Waals surface area (Å²) in [5, 5.41) is 4.08. The molecule has 0 aliphatic carbocycles. The lowest BCUT2D eigenvalue weighted by molar-refractivity contribution is 0.0989. The number of amides is 1. The molecule has 0 unspecified atom stereocenters. The predicted molar refractivity (Wildman–Crippen MR) is 113 cm³/mol. The zero-order valence-corrected chi connectivity index (χ0v) is 17.7. The Labute approximate surface area is 175 Å². The van der Waals surface area contributed by atoms with Gasteiger partial charge in [-0.2, -0.15) is 9.40 Å². The van der Waals surface area contributed by atoms with E-state index in [-0.39, 0.29) is 10.8 Å². The summed E-state index contributed by atoms with van der Waals surface area (Å²) in [5.41, 5.74) is 3.01. The Morgan fingerprint density at radius 3 is 2.47 bits per heavy atom. The number of carbonyl (C=O) groups is 1. The fourth-order valence-electron chi connectivity index (χ4n) is 3.72. The molecule has 0 bridgehead atoms. The van der Waals surface area contributed by atoms with Crippen LogP contribution in [0.3, 0.4) is 0 Å². The summed E-state index contributed by atoms with van der Waals surface area (Å²) in [6.07, 6.45) is 3.67. The van der Waals surface area contributed by atoms with Crippen LogP contribution < -0.4 is 4.90 Å². The quantitative estimate of drug-likeness (QED) is 0.605. The molecule has 8 nitrogen and oxygen atoms in total. The summed E-state index contributed by atoms with van der Waals surface area (Å²) in [5.74, 6) is -0.113. The van der Waals surface area contributed by atoms with E-state index in [1.165, 1.54) is 10.6 Å². The Kier molecular flexibility index (Phi) is 5.40. The molecule has 3 aromatic rings. The molecule has 0 saturated heterocycles. The number of rotatable bonds is 6. The molecule has 4 rings (SSSR count). The SMILES string of the molecule is CCN(CC)S(=O)(=O)c1ccc2c(c1)CCN2C(=O)c1ccc(-n2cncn2)cc1. The van der Waals surface area contributed by atoms with Crippen LogP contribution in [0.1, 0.15) is 29.8 Å². The van der Waals surface area contributed by atoms with Crippen LogP contribution in [0.25, 0.3) is 5.69 Å². The van der Waals surface area contributed by atoms with E-state index in [1.807, 2.05) is 26.0 Å². The zero-order valence-electron chi connectivity index (χ0n) is 16.9. The van der Waals surface area contributed by atoms with Gasteiger partial charge in [0.1, 0.15) is 12.7 Å².